The number of para-hydroxylation sites is 1. The predicted molar refractivity (Wildman–Crippen MR) is 226 cm³/mol. The zero-order valence-electron chi connectivity index (χ0n) is 37.3. The van der Waals surface area contributed by atoms with Crippen LogP contribution in [0.15, 0.2) is 59.8 Å². The zero-order chi connectivity index (χ0) is 44.5. The number of carbonyl (C=O) groups is 2. The van der Waals surface area contributed by atoms with Crippen LogP contribution in [0, 0.1) is 30.6 Å². The highest BCUT2D eigenvalue weighted by atomic mass is 16.7. The van der Waals surface area contributed by atoms with Crippen molar-refractivity contribution in [2.45, 2.75) is 148 Å². The fourth-order valence-corrected chi connectivity index (χ4v) is 8.69. The van der Waals surface area contributed by atoms with E-state index in [-0.39, 0.29) is 44.6 Å². The van der Waals surface area contributed by atoms with Crippen molar-refractivity contribution in [1.82, 2.24) is 4.90 Å². The lowest BCUT2D eigenvalue weighted by atomic mass is 9.73. The Morgan fingerprint density at radius 2 is 1.60 bits per heavy atom. The number of aryl methyl sites for hydroxylation is 1. The summed E-state index contributed by atoms with van der Waals surface area (Å²) in [6, 6.07) is 16.3. The first-order valence-electron chi connectivity index (χ1n) is 21.3. The summed E-state index contributed by atoms with van der Waals surface area (Å²) < 4.78 is 30.9. The van der Waals surface area contributed by atoms with Gasteiger partial charge in [-0.1, -0.05) is 80.9 Å². The van der Waals surface area contributed by atoms with Gasteiger partial charge in [0.05, 0.1) is 42.0 Å². The van der Waals surface area contributed by atoms with Crippen LogP contribution in [0.4, 0.5) is 0 Å². The molecule has 2 aromatic carbocycles. The highest BCUT2D eigenvalue weighted by molar-refractivity contribution is 5.88. The summed E-state index contributed by atoms with van der Waals surface area (Å²) >= 11 is 0. The Balaban J connectivity index is 1.79. The molecule has 0 saturated carbocycles. The van der Waals surface area contributed by atoms with Crippen LogP contribution in [0.2, 0.25) is 0 Å². The molecule has 336 valence electrons. The standard InChI is InChI=1S/C46H70N2O12/c1-12-36-46(9,54)41(51)30(5)38(47-56-23-22-55-34-16-14-13-15-17-34)28(3)26-45(8,53)42(60-44-39(50)35(48(10)11)24-29(4)57-44)31(6)40(32(7)43(52)58-36)59-37(49)25-33-20-18-27(2)19-21-33/h13-21,28-32,35-36,39-42,44,50-51,53-54H,12,22-26H2,1-11H3/b47-38+/t28-,29+,30+,31-,32+,35-,36-,39+,40-,41+,42+,44-,45-,46+/m0/s1. The minimum Gasteiger partial charge on any atom is -0.490 e. The van der Waals surface area contributed by atoms with Gasteiger partial charge in [-0.05, 0) is 85.7 Å². The number of carbonyl (C=O) groups excluding carboxylic acids is 2. The van der Waals surface area contributed by atoms with E-state index in [2.05, 4.69) is 5.16 Å². The van der Waals surface area contributed by atoms with Crippen molar-refractivity contribution in [3.05, 3.63) is 65.7 Å². The maximum absolute atomic E-state index is 14.2. The summed E-state index contributed by atoms with van der Waals surface area (Å²) in [6.07, 6.45) is -7.28. The Labute approximate surface area is 356 Å². The molecule has 0 bridgehead atoms. The molecule has 0 aliphatic carbocycles. The van der Waals surface area contributed by atoms with Crippen molar-refractivity contribution < 1.29 is 58.5 Å². The lowest BCUT2D eigenvalue weighted by molar-refractivity contribution is -0.299. The fourth-order valence-electron chi connectivity index (χ4n) is 8.69. The summed E-state index contributed by atoms with van der Waals surface area (Å²) in [7, 11) is 3.71. The van der Waals surface area contributed by atoms with Gasteiger partial charge >= 0.3 is 11.9 Å². The fraction of sp³-hybridized carbons (Fsp3) is 0.674. The molecule has 2 heterocycles. The highest BCUT2D eigenvalue weighted by Gasteiger charge is 2.52. The third-order valence-corrected chi connectivity index (χ3v) is 12.2. The van der Waals surface area contributed by atoms with E-state index in [9.17, 15) is 30.0 Å². The number of hydrogen-bond acceptors (Lipinski definition) is 14. The number of benzene rings is 2. The van der Waals surface area contributed by atoms with Crippen molar-refractivity contribution in [2.75, 3.05) is 27.3 Å². The summed E-state index contributed by atoms with van der Waals surface area (Å²) in [5.74, 6) is -4.31. The molecule has 2 aliphatic heterocycles. The van der Waals surface area contributed by atoms with Crippen LogP contribution in [0.5, 0.6) is 5.75 Å². The molecule has 0 unspecified atom stereocenters. The van der Waals surface area contributed by atoms with Gasteiger partial charge in [-0.2, -0.15) is 0 Å². The molecule has 4 N–H and O–H groups in total. The van der Waals surface area contributed by atoms with E-state index in [1.807, 2.05) is 94.4 Å². The molecular weight excluding hydrogens is 773 g/mol. The number of hydrogen-bond donors (Lipinski definition) is 4. The minimum absolute atomic E-state index is 0.0422. The molecule has 0 aromatic heterocycles. The topological polar surface area (TPSA) is 186 Å². The van der Waals surface area contributed by atoms with E-state index in [0.29, 0.717) is 23.4 Å². The molecule has 0 radical (unpaired) electrons. The predicted octanol–water partition coefficient (Wildman–Crippen LogP) is 4.84. The zero-order valence-corrected chi connectivity index (χ0v) is 37.3. The number of rotatable bonds is 12. The van der Waals surface area contributed by atoms with Crippen molar-refractivity contribution in [3.63, 3.8) is 0 Å². The Hall–Kier alpha value is -3.63. The SMILES string of the molecule is CC[C@@H]1OC(=O)[C@H](C)[C@@H](OC(=O)Cc2ccc(C)cc2)[C@H](C)[C@@H](O[C@@H]2O[C@H](C)C[C@H](N(C)C)[C@H]2O)[C@@](C)(O)C[C@H](C)/C(=N\OCCOc2ccccc2)[C@@H](C)[C@@H](O)[C@]1(C)O. The third-order valence-electron chi connectivity index (χ3n) is 12.2. The van der Waals surface area contributed by atoms with E-state index in [0.717, 1.165) is 5.56 Å². The molecule has 2 aliphatic rings. The molecule has 2 aromatic rings. The number of ether oxygens (including phenoxy) is 5. The first kappa shape index (κ1) is 49.0. The highest BCUT2D eigenvalue weighted by Crippen LogP contribution is 2.39. The van der Waals surface area contributed by atoms with E-state index < -0.39 is 83.6 Å². The quantitative estimate of drug-likeness (QED) is 0.129. The maximum Gasteiger partial charge on any atom is 0.312 e. The van der Waals surface area contributed by atoms with Gasteiger partial charge in [0.15, 0.2) is 12.9 Å². The van der Waals surface area contributed by atoms with Gasteiger partial charge in [0.1, 0.15) is 36.3 Å². The van der Waals surface area contributed by atoms with Gasteiger partial charge in [0.25, 0.3) is 0 Å². The van der Waals surface area contributed by atoms with Crippen molar-refractivity contribution in [3.8, 4) is 5.75 Å². The molecule has 60 heavy (non-hydrogen) atoms. The van der Waals surface area contributed by atoms with E-state index >= 15 is 0 Å². The van der Waals surface area contributed by atoms with Gasteiger partial charge < -0.3 is 53.8 Å². The monoisotopic (exact) mass is 842 g/mol. The van der Waals surface area contributed by atoms with Crippen LogP contribution in [0.3, 0.4) is 0 Å². The van der Waals surface area contributed by atoms with E-state index in [4.69, 9.17) is 28.5 Å². The second kappa shape index (κ2) is 21.4. The maximum atomic E-state index is 14.2. The van der Waals surface area contributed by atoms with Gasteiger partial charge in [-0.25, -0.2) is 0 Å². The van der Waals surface area contributed by atoms with Gasteiger partial charge in [0, 0.05) is 23.8 Å². The number of cyclic esters (lactones) is 1. The Morgan fingerprint density at radius 3 is 2.22 bits per heavy atom. The summed E-state index contributed by atoms with van der Waals surface area (Å²) in [5.41, 5.74) is -1.72. The molecule has 2 saturated heterocycles. The van der Waals surface area contributed by atoms with Gasteiger partial charge in [-0.3, -0.25) is 9.59 Å². The molecule has 14 nitrogen and oxygen atoms in total. The minimum atomic E-state index is -1.98. The van der Waals surface area contributed by atoms with Gasteiger partial charge in [0.2, 0.25) is 0 Å². The largest absolute Gasteiger partial charge is 0.490 e. The first-order valence-corrected chi connectivity index (χ1v) is 21.3. The second-order valence-electron chi connectivity index (χ2n) is 17.7. The Bertz CT molecular complexity index is 1690. The molecular formula is C46H70N2O12. The first-order chi connectivity index (χ1) is 28.2. The number of aliphatic hydroxyl groups is 4. The lowest BCUT2D eigenvalue weighted by Crippen LogP contribution is -2.60. The van der Waals surface area contributed by atoms with E-state index in [1.165, 1.54) is 6.92 Å². The van der Waals surface area contributed by atoms with Crippen molar-refractivity contribution in [2.24, 2.45) is 28.8 Å². The van der Waals surface area contributed by atoms with Crippen LogP contribution in [0.1, 0.15) is 85.8 Å². The number of likely N-dealkylation sites (N-methyl/N-ethyl adjacent to an activating group) is 1. The molecule has 0 amide bonds. The number of nitrogens with zero attached hydrogens (tertiary/aromatic N) is 2. The van der Waals surface area contributed by atoms with Crippen molar-refractivity contribution >= 4 is 17.7 Å². The Kier molecular flexibility index (Phi) is 17.5. The van der Waals surface area contributed by atoms with Gasteiger partial charge in [-0.15, -0.1) is 0 Å². The average molecular weight is 843 g/mol. The normalized spacial score (nSPS) is 36.6. The number of esters is 2. The number of aliphatic hydroxyl groups excluding tert-OH is 2. The lowest BCUT2D eigenvalue weighted by Gasteiger charge is -2.47. The Morgan fingerprint density at radius 1 is 0.950 bits per heavy atom. The van der Waals surface area contributed by atoms with Crippen LogP contribution in [0.25, 0.3) is 0 Å². The second-order valence-corrected chi connectivity index (χ2v) is 17.7. The third kappa shape index (κ3) is 12.5. The van der Waals surface area contributed by atoms with Crippen LogP contribution >= 0.6 is 0 Å². The summed E-state index contributed by atoms with van der Waals surface area (Å²) in [4.78, 5) is 35.7. The van der Waals surface area contributed by atoms with Crippen LogP contribution in [-0.2, 0) is 39.8 Å². The van der Waals surface area contributed by atoms with Crippen LogP contribution < -0.4 is 4.74 Å². The molecule has 4 rings (SSSR count). The average Bonchev–Trinajstić information content (AvgIpc) is 3.19. The molecule has 2 fully saturated rings. The van der Waals surface area contributed by atoms with E-state index in [1.54, 1.807) is 34.6 Å². The van der Waals surface area contributed by atoms with Crippen molar-refractivity contribution in [1.29, 1.82) is 0 Å². The summed E-state index contributed by atoms with van der Waals surface area (Å²) in [6.45, 7) is 15.5. The number of oxime groups is 1. The van der Waals surface area contributed by atoms with Crippen LogP contribution in [-0.4, -0.2) is 130 Å². The summed E-state index contributed by atoms with van der Waals surface area (Å²) in [5, 5.41) is 52.7. The molecule has 14 atom stereocenters. The molecule has 0 spiro atoms. The smallest absolute Gasteiger partial charge is 0.312 e. The molecule has 14 heteroatoms.